The maximum atomic E-state index is 4.70. The zero-order chi connectivity index (χ0) is 13.2. The number of nitrogens with zero attached hydrogens (tertiary/aromatic N) is 4. The zero-order valence-electron chi connectivity index (χ0n) is 11.4. The third-order valence-corrected chi connectivity index (χ3v) is 3.77. The fraction of sp³-hybridized carbons (Fsp3) is 0.500. The van der Waals surface area contributed by atoms with E-state index in [0.717, 1.165) is 31.0 Å². The fourth-order valence-electron chi connectivity index (χ4n) is 2.73. The van der Waals surface area contributed by atoms with Crippen molar-refractivity contribution in [1.29, 1.82) is 0 Å². The minimum Gasteiger partial charge on any atom is -0.331 e. The Morgan fingerprint density at radius 1 is 1.42 bits per heavy atom. The number of rotatable bonds is 3. The van der Waals surface area contributed by atoms with Crippen LogP contribution in [0.25, 0.3) is 11.6 Å². The van der Waals surface area contributed by atoms with Gasteiger partial charge >= 0.3 is 0 Å². The average molecular weight is 257 g/mol. The molecule has 2 heterocycles. The lowest BCUT2D eigenvalue weighted by atomic mass is 9.87. The largest absolute Gasteiger partial charge is 0.331 e. The molecule has 0 amide bonds. The van der Waals surface area contributed by atoms with Crippen LogP contribution in [0.15, 0.2) is 18.6 Å². The molecule has 0 aromatic carbocycles. The lowest BCUT2D eigenvalue weighted by Crippen LogP contribution is -2.25. The van der Waals surface area contributed by atoms with E-state index < -0.39 is 0 Å². The lowest BCUT2D eigenvalue weighted by molar-refractivity contribution is 0.434. The molecule has 1 unspecified atom stereocenters. The fourth-order valence-corrected chi connectivity index (χ4v) is 2.73. The number of aromatic nitrogens is 4. The summed E-state index contributed by atoms with van der Waals surface area (Å²) < 4.78 is 1.95. The second-order valence-electron chi connectivity index (χ2n) is 5.19. The van der Waals surface area contributed by atoms with Gasteiger partial charge in [-0.3, -0.25) is 0 Å². The Balaban J connectivity index is 1.88. The minimum absolute atomic E-state index is 0.708. The van der Waals surface area contributed by atoms with Crippen molar-refractivity contribution in [3.05, 3.63) is 29.8 Å². The molecule has 0 bridgehead atoms. The van der Waals surface area contributed by atoms with Gasteiger partial charge < -0.3 is 9.88 Å². The molecule has 1 N–H and O–H groups in total. The normalized spacial score (nSPS) is 18.3. The van der Waals surface area contributed by atoms with Crippen LogP contribution in [-0.4, -0.2) is 33.1 Å². The Labute approximate surface area is 113 Å². The first-order chi connectivity index (χ1) is 9.28. The molecule has 100 valence electrons. The van der Waals surface area contributed by atoms with Gasteiger partial charge in [0.1, 0.15) is 0 Å². The van der Waals surface area contributed by atoms with Crippen LogP contribution in [0.4, 0.5) is 0 Å². The van der Waals surface area contributed by atoms with Crippen LogP contribution in [0, 0.1) is 5.92 Å². The first kappa shape index (κ1) is 12.3. The van der Waals surface area contributed by atoms with Gasteiger partial charge in [-0.2, -0.15) is 0 Å². The van der Waals surface area contributed by atoms with Crippen molar-refractivity contribution < 1.29 is 0 Å². The maximum Gasteiger partial charge on any atom is 0.196 e. The van der Waals surface area contributed by atoms with Crippen molar-refractivity contribution in [1.82, 2.24) is 24.8 Å². The highest BCUT2D eigenvalue weighted by Crippen LogP contribution is 2.25. The second-order valence-corrected chi connectivity index (χ2v) is 5.19. The number of fused-ring (bicyclic) bond motifs is 1. The summed E-state index contributed by atoms with van der Waals surface area (Å²) in [5.41, 5.74) is 2.49. The second kappa shape index (κ2) is 5.09. The molecule has 0 spiro atoms. The summed E-state index contributed by atoms with van der Waals surface area (Å²) in [6.07, 6.45) is 9.00. The Bertz CT molecular complexity index is 575. The van der Waals surface area contributed by atoms with E-state index in [0.29, 0.717) is 5.92 Å². The summed E-state index contributed by atoms with van der Waals surface area (Å²) in [6.45, 7) is 1.07. The van der Waals surface area contributed by atoms with E-state index >= 15 is 0 Å². The highest BCUT2D eigenvalue weighted by Gasteiger charge is 2.20. The molecule has 1 atom stereocenters. The van der Waals surface area contributed by atoms with Gasteiger partial charge in [0.15, 0.2) is 11.6 Å². The van der Waals surface area contributed by atoms with Gasteiger partial charge in [-0.25, -0.2) is 15.0 Å². The summed E-state index contributed by atoms with van der Waals surface area (Å²) in [6, 6.07) is 0. The highest BCUT2D eigenvalue weighted by atomic mass is 15.1. The van der Waals surface area contributed by atoms with Crippen LogP contribution in [0.5, 0.6) is 0 Å². The van der Waals surface area contributed by atoms with Crippen molar-refractivity contribution in [3.8, 4) is 11.6 Å². The van der Waals surface area contributed by atoms with E-state index in [9.17, 15) is 0 Å². The van der Waals surface area contributed by atoms with Crippen molar-refractivity contribution in [3.63, 3.8) is 0 Å². The molecule has 0 fully saturated rings. The molecular weight excluding hydrogens is 238 g/mol. The molecule has 2 aromatic rings. The predicted molar refractivity (Wildman–Crippen MR) is 73.7 cm³/mol. The number of hydrogen-bond acceptors (Lipinski definition) is 4. The molecule has 5 heteroatoms. The summed E-state index contributed by atoms with van der Waals surface area (Å²) in [4.78, 5) is 13.5. The molecular formula is C14H19N5. The van der Waals surface area contributed by atoms with E-state index in [1.54, 1.807) is 6.20 Å². The maximum absolute atomic E-state index is 4.70. The quantitative estimate of drug-likeness (QED) is 0.897. The number of imidazole rings is 1. The molecule has 0 saturated heterocycles. The van der Waals surface area contributed by atoms with Crippen LogP contribution in [0.1, 0.15) is 17.7 Å². The molecule has 19 heavy (non-hydrogen) atoms. The Hall–Kier alpha value is -1.75. The van der Waals surface area contributed by atoms with Gasteiger partial charge in [0.2, 0.25) is 0 Å². The average Bonchev–Trinajstić information content (AvgIpc) is 2.85. The van der Waals surface area contributed by atoms with Gasteiger partial charge in [-0.15, -0.1) is 0 Å². The van der Waals surface area contributed by atoms with Crippen molar-refractivity contribution in [2.24, 2.45) is 13.0 Å². The predicted octanol–water partition coefficient (Wildman–Crippen LogP) is 1.20. The van der Waals surface area contributed by atoms with E-state index in [1.165, 1.54) is 17.7 Å². The molecule has 0 saturated carbocycles. The lowest BCUT2D eigenvalue weighted by Gasteiger charge is -2.23. The van der Waals surface area contributed by atoms with Gasteiger partial charge in [0, 0.05) is 31.3 Å². The molecule has 0 aliphatic heterocycles. The monoisotopic (exact) mass is 257 g/mol. The Morgan fingerprint density at radius 2 is 2.32 bits per heavy atom. The number of aryl methyl sites for hydroxylation is 2. The minimum atomic E-state index is 0.708. The summed E-state index contributed by atoms with van der Waals surface area (Å²) in [5, 5.41) is 3.26. The van der Waals surface area contributed by atoms with Gasteiger partial charge in [-0.05, 0) is 44.3 Å². The van der Waals surface area contributed by atoms with Crippen LogP contribution >= 0.6 is 0 Å². The molecule has 2 aromatic heterocycles. The van der Waals surface area contributed by atoms with E-state index in [1.807, 2.05) is 31.1 Å². The molecule has 1 aliphatic rings. The van der Waals surface area contributed by atoms with E-state index in [4.69, 9.17) is 4.98 Å². The van der Waals surface area contributed by atoms with Crippen molar-refractivity contribution in [2.75, 3.05) is 13.6 Å². The molecule has 1 aliphatic carbocycles. The summed E-state index contributed by atoms with van der Waals surface area (Å²) in [7, 11) is 3.98. The first-order valence-corrected chi connectivity index (χ1v) is 6.75. The topological polar surface area (TPSA) is 55.6 Å². The van der Waals surface area contributed by atoms with Crippen molar-refractivity contribution >= 4 is 0 Å². The van der Waals surface area contributed by atoms with Gasteiger partial charge in [0.25, 0.3) is 0 Å². The van der Waals surface area contributed by atoms with Crippen LogP contribution in [-0.2, 0) is 19.9 Å². The SMILES string of the molecule is CNCC1CCc2nc(-c3nccn3C)ncc2C1. The third-order valence-electron chi connectivity index (χ3n) is 3.77. The van der Waals surface area contributed by atoms with Gasteiger partial charge in [-0.1, -0.05) is 0 Å². The molecule has 3 rings (SSSR count). The number of nitrogens with one attached hydrogen (secondary N) is 1. The summed E-state index contributed by atoms with van der Waals surface area (Å²) >= 11 is 0. The smallest absolute Gasteiger partial charge is 0.196 e. The Morgan fingerprint density at radius 3 is 3.05 bits per heavy atom. The zero-order valence-corrected chi connectivity index (χ0v) is 11.4. The van der Waals surface area contributed by atoms with Crippen LogP contribution in [0.3, 0.4) is 0 Å². The van der Waals surface area contributed by atoms with E-state index in [2.05, 4.69) is 15.3 Å². The number of hydrogen-bond donors (Lipinski definition) is 1. The summed E-state index contributed by atoms with van der Waals surface area (Å²) in [5.74, 6) is 2.28. The first-order valence-electron chi connectivity index (χ1n) is 6.75. The highest BCUT2D eigenvalue weighted by molar-refractivity contribution is 5.44. The molecule has 0 radical (unpaired) electrons. The van der Waals surface area contributed by atoms with Crippen LogP contribution < -0.4 is 5.32 Å². The standard InChI is InChI=1S/C14H19N5/c1-15-8-10-3-4-12-11(7-10)9-17-13(18-12)14-16-5-6-19(14)2/h5-6,9-10,15H,3-4,7-8H2,1-2H3. The van der Waals surface area contributed by atoms with Gasteiger partial charge in [0.05, 0.1) is 0 Å². The third kappa shape index (κ3) is 2.38. The van der Waals surface area contributed by atoms with Crippen molar-refractivity contribution in [2.45, 2.75) is 19.3 Å². The van der Waals surface area contributed by atoms with E-state index in [-0.39, 0.29) is 0 Å². The Kier molecular flexibility index (Phi) is 3.29. The molecule has 5 nitrogen and oxygen atoms in total. The van der Waals surface area contributed by atoms with Crippen LogP contribution in [0.2, 0.25) is 0 Å².